The lowest BCUT2D eigenvalue weighted by Gasteiger charge is -2.31. The molecule has 1 fully saturated rings. The van der Waals surface area contributed by atoms with Gasteiger partial charge in [0.1, 0.15) is 0 Å². The molecule has 1 aliphatic heterocycles. The maximum Gasteiger partial charge on any atom is 0.0599 e. The second kappa shape index (κ2) is 7.76. The highest BCUT2D eigenvalue weighted by molar-refractivity contribution is 5.09. The predicted octanol–water partition coefficient (Wildman–Crippen LogP) is 1.54. The smallest absolute Gasteiger partial charge is 0.0599 e. The molecule has 20 heavy (non-hydrogen) atoms. The number of likely N-dealkylation sites (tertiary alicyclic amines) is 1. The minimum Gasteiger partial charge on any atom is -0.378 e. The number of aryl methyl sites for hydroxylation is 2. The van der Waals surface area contributed by atoms with Gasteiger partial charge in [-0.15, -0.1) is 0 Å². The van der Waals surface area contributed by atoms with Gasteiger partial charge in [0.25, 0.3) is 0 Å². The molecule has 0 amide bonds. The largest absolute Gasteiger partial charge is 0.378 e. The fraction of sp³-hybridized carbons (Fsp3) is 0.800. The summed E-state index contributed by atoms with van der Waals surface area (Å²) in [5.74, 6) is 0. The number of aromatic nitrogens is 2. The van der Waals surface area contributed by atoms with Gasteiger partial charge < -0.3 is 10.5 Å². The van der Waals surface area contributed by atoms with Crippen molar-refractivity contribution in [3.8, 4) is 0 Å². The van der Waals surface area contributed by atoms with E-state index in [2.05, 4.69) is 34.6 Å². The first kappa shape index (κ1) is 15.5. The molecule has 1 aromatic rings. The zero-order chi connectivity index (χ0) is 14.4. The Morgan fingerprint density at radius 1 is 1.40 bits per heavy atom. The molecule has 0 radical (unpaired) electrons. The predicted molar refractivity (Wildman–Crippen MR) is 80.6 cm³/mol. The number of rotatable bonds is 7. The van der Waals surface area contributed by atoms with E-state index in [9.17, 15) is 0 Å². The second-order valence-electron chi connectivity index (χ2n) is 5.58. The minimum absolute atomic E-state index is 0.427. The summed E-state index contributed by atoms with van der Waals surface area (Å²) in [6.07, 6.45) is 3.65. The first-order valence-electron chi connectivity index (χ1n) is 7.80. The molecular weight excluding hydrogens is 252 g/mol. The zero-order valence-electron chi connectivity index (χ0n) is 12.8. The Morgan fingerprint density at radius 3 is 2.80 bits per heavy atom. The number of piperidine rings is 1. The summed E-state index contributed by atoms with van der Waals surface area (Å²) >= 11 is 0. The van der Waals surface area contributed by atoms with Crippen molar-refractivity contribution in [1.82, 2.24) is 14.7 Å². The van der Waals surface area contributed by atoms with E-state index in [4.69, 9.17) is 10.5 Å². The molecule has 2 rings (SSSR count). The summed E-state index contributed by atoms with van der Waals surface area (Å²) < 4.78 is 7.96. The number of ether oxygens (including phenoxy) is 1. The molecule has 0 saturated carbocycles. The van der Waals surface area contributed by atoms with Gasteiger partial charge in [-0.25, -0.2) is 0 Å². The summed E-state index contributed by atoms with van der Waals surface area (Å²) in [6, 6.07) is 2.20. The quantitative estimate of drug-likeness (QED) is 0.770. The molecule has 5 heteroatoms. The average Bonchev–Trinajstić information content (AvgIpc) is 2.81. The van der Waals surface area contributed by atoms with Gasteiger partial charge in [-0.2, -0.15) is 5.10 Å². The molecule has 0 bridgehead atoms. The third kappa shape index (κ3) is 4.30. The fourth-order valence-electron chi connectivity index (χ4n) is 2.80. The normalized spacial score (nSPS) is 17.8. The first-order chi connectivity index (χ1) is 9.72. The van der Waals surface area contributed by atoms with Crippen LogP contribution in [0.3, 0.4) is 0 Å². The Kier molecular flexibility index (Phi) is 6.01. The van der Waals surface area contributed by atoms with Crippen molar-refractivity contribution < 1.29 is 4.74 Å². The van der Waals surface area contributed by atoms with Crippen LogP contribution in [-0.2, 0) is 17.8 Å². The second-order valence-corrected chi connectivity index (χ2v) is 5.58. The molecule has 114 valence electrons. The van der Waals surface area contributed by atoms with E-state index in [-0.39, 0.29) is 0 Å². The van der Waals surface area contributed by atoms with E-state index in [0.29, 0.717) is 6.10 Å². The maximum atomic E-state index is 5.85. The van der Waals surface area contributed by atoms with Crippen molar-refractivity contribution in [3.05, 3.63) is 17.5 Å². The van der Waals surface area contributed by atoms with Crippen LogP contribution in [0, 0.1) is 6.92 Å². The van der Waals surface area contributed by atoms with Gasteiger partial charge in [0.15, 0.2) is 0 Å². The Labute approximate surface area is 122 Å². The van der Waals surface area contributed by atoms with E-state index in [1.807, 2.05) is 0 Å². The van der Waals surface area contributed by atoms with Crippen LogP contribution in [0.15, 0.2) is 6.07 Å². The number of nitrogens with two attached hydrogens (primary N) is 1. The van der Waals surface area contributed by atoms with Gasteiger partial charge in [-0.1, -0.05) is 0 Å². The number of hydrogen-bond acceptors (Lipinski definition) is 4. The molecule has 1 saturated heterocycles. The summed E-state index contributed by atoms with van der Waals surface area (Å²) in [5.41, 5.74) is 7.92. The Hall–Kier alpha value is -0.910. The van der Waals surface area contributed by atoms with Crippen molar-refractivity contribution in [3.63, 3.8) is 0 Å². The van der Waals surface area contributed by atoms with Crippen LogP contribution in [0.25, 0.3) is 0 Å². The summed E-state index contributed by atoms with van der Waals surface area (Å²) in [6.45, 7) is 9.91. The van der Waals surface area contributed by atoms with Crippen LogP contribution in [0.2, 0.25) is 0 Å². The molecule has 2 heterocycles. The topological polar surface area (TPSA) is 56.3 Å². The first-order valence-corrected chi connectivity index (χ1v) is 7.80. The van der Waals surface area contributed by atoms with Crippen molar-refractivity contribution >= 4 is 0 Å². The van der Waals surface area contributed by atoms with E-state index in [1.165, 1.54) is 5.69 Å². The molecule has 5 nitrogen and oxygen atoms in total. The monoisotopic (exact) mass is 280 g/mol. The van der Waals surface area contributed by atoms with Crippen LogP contribution >= 0.6 is 0 Å². The van der Waals surface area contributed by atoms with Crippen molar-refractivity contribution in [1.29, 1.82) is 0 Å². The maximum absolute atomic E-state index is 5.85. The Morgan fingerprint density at radius 2 is 2.15 bits per heavy atom. The van der Waals surface area contributed by atoms with Gasteiger partial charge in [0.05, 0.1) is 17.5 Å². The van der Waals surface area contributed by atoms with E-state index >= 15 is 0 Å². The number of nitrogens with zero attached hydrogens (tertiary/aromatic N) is 3. The van der Waals surface area contributed by atoms with Gasteiger partial charge in [0, 0.05) is 32.8 Å². The molecule has 2 N–H and O–H groups in total. The van der Waals surface area contributed by atoms with Gasteiger partial charge >= 0.3 is 0 Å². The standard InChI is InChI=1S/C15H28N4O/c1-3-19-14(11-13(2)17-19)12-18-8-5-15(6-9-18)20-10-4-7-16/h11,15H,3-10,12,16H2,1-2H3. The third-order valence-electron chi connectivity index (χ3n) is 3.91. The highest BCUT2D eigenvalue weighted by Crippen LogP contribution is 2.17. The molecule has 0 aromatic carbocycles. The fourth-order valence-corrected chi connectivity index (χ4v) is 2.80. The van der Waals surface area contributed by atoms with Crippen molar-refractivity contribution in [2.24, 2.45) is 5.73 Å². The minimum atomic E-state index is 0.427. The van der Waals surface area contributed by atoms with Gasteiger partial charge in [0.2, 0.25) is 0 Å². The Balaban J connectivity index is 1.76. The third-order valence-corrected chi connectivity index (χ3v) is 3.91. The lowest BCUT2D eigenvalue weighted by Crippen LogP contribution is -2.37. The van der Waals surface area contributed by atoms with E-state index in [0.717, 1.165) is 64.3 Å². The highest BCUT2D eigenvalue weighted by atomic mass is 16.5. The molecule has 0 spiro atoms. The lowest BCUT2D eigenvalue weighted by molar-refractivity contribution is 0.00517. The van der Waals surface area contributed by atoms with Crippen molar-refractivity contribution in [2.45, 2.75) is 52.3 Å². The SMILES string of the molecule is CCn1nc(C)cc1CN1CCC(OCCCN)CC1. The molecule has 0 unspecified atom stereocenters. The summed E-state index contributed by atoms with van der Waals surface area (Å²) in [5, 5.41) is 4.51. The molecule has 1 aliphatic rings. The van der Waals surface area contributed by atoms with Crippen LogP contribution in [-0.4, -0.2) is 47.0 Å². The molecule has 1 aromatic heterocycles. The van der Waals surface area contributed by atoms with Crippen LogP contribution in [0.4, 0.5) is 0 Å². The average molecular weight is 280 g/mol. The molecule has 0 aliphatic carbocycles. The number of hydrogen-bond donors (Lipinski definition) is 1. The van der Waals surface area contributed by atoms with E-state index in [1.54, 1.807) is 0 Å². The van der Waals surface area contributed by atoms with Crippen LogP contribution in [0.1, 0.15) is 37.6 Å². The van der Waals surface area contributed by atoms with Crippen molar-refractivity contribution in [2.75, 3.05) is 26.2 Å². The van der Waals surface area contributed by atoms with Gasteiger partial charge in [-0.3, -0.25) is 9.58 Å². The van der Waals surface area contributed by atoms with Crippen LogP contribution < -0.4 is 5.73 Å². The summed E-state index contributed by atoms with van der Waals surface area (Å²) in [4.78, 5) is 2.51. The summed E-state index contributed by atoms with van der Waals surface area (Å²) in [7, 11) is 0. The molecular formula is C15H28N4O. The highest BCUT2D eigenvalue weighted by Gasteiger charge is 2.20. The van der Waals surface area contributed by atoms with E-state index < -0.39 is 0 Å². The lowest BCUT2D eigenvalue weighted by atomic mass is 10.1. The Bertz CT molecular complexity index is 397. The van der Waals surface area contributed by atoms with Crippen LogP contribution in [0.5, 0.6) is 0 Å². The van der Waals surface area contributed by atoms with Gasteiger partial charge in [-0.05, 0) is 45.7 Å². The molecule has 0 atom stereocenters. The zero-order valence-corrected chi connectivity index (χ0v) is 12.8.